The van der Waals surface area contributed by atoms with Gasteiger partial charge >= 0.3 is 0 Å². The first-order chi connectivity index (χ1) is 9.00. The van der Waals surface area contributed by atoms with Gasteiger partial charge in [-0.05, 0) is 25.2 Å². The van der Waals surface area contributed by atoms with Crippen LogP contribution in [0.4, 0.5) is 0 Å². The van der Waals surface area contributed by atoms with Crippen molar-refractivity contribution in [2.24, 2.45) is 22.6 Å². The second-order valence-corrected chi connectivity index (χ2v) is 5.73. The number of nitrogens with one attached hydrogen (secondary N) is 1. The standard InChI is InChI=1S/C14H28N4O/c1-11(2)13(19)16-7-5-8-17-14(15)18-9-4-6-12(3)10-18/h11-12H,4-10H2,1-3H3,(H2,15,17)(H,16,19). The summed E-state index contributed by atoms with van der Waals surface area (Å²) in [6.07, 6.45) is 3.31. The van der Waals surface area contributed by atoms with E-state index in [0.29, 0.717) is 25.0 Å². The Morgan fingerprint density at radius 3 is 2.89 bits per heavy atom. The quantitative estimate of drug-likeness (QED) is 0.447. The van der Waals surface area contributed by atoms with Crippen LogP contribution >= 0.6 is 0 Å². The molecule has 3 N–H and O–H groups in total. The number of piperidine rings is 1. The van der Waals surface area contributed by atoms with E-state index in [-0.39, 0.29) is 11.8 Å². The molecule has 0 saturated carbocycles. The number of amides is 1. The van der Waals surface area contributed by atoms with Crippen LogP contribution in [0.2, 0.25) is 0 Å². The lowest BCUT2D eigenvalue weighted by Gasteiger charge is -2.31. The number of guanidine groups is 1. The van der Waals surface area contributed by atoms with E-state index < -0.39 is 0 Å². The summed E-state index contributed by atoms with van der Waals surface area (Å²) in [4.78, 5) is 17.9. The number of carbonyl (C=O) groups is 1. The van der Waals surface area contributed by atoms with Gasteiger partial charge in [0.2, 0.25) is 5.91 Å². The van der Waals surface area contributed by atoms with Gasteiger partial charge in [0.15, 0.2) is 5.96 Å². The molecule has 110 valence electrons. The summed E-state index contributed by atoms with van der Waals surface area (Å²) in [5.41, 5.74) is 5.99. The van der Waals surface area contributed by atoms with Crippen LogP contribution in [0.5, 0.6) is 0 Å². The van der Waals surface area contributed by atoms with E-state index in [2.05, 4.69) is 22.1 Å². The van der Waals surface area contributed by atoms with Gasteiger partial charge < -0.3 is 16.0 Å². The molecule has 0 aromatic carbocycles. The Bertz CT molecular complexity index is 315. The molecule has 0 bridgehead atoms. The third-order valence-electron chi connectivity index (χ3n) is 3.41. The molecular weight excluding hydrogens is 240 g/mol. The molecule has 1 aliphatic rings. The summed E-state index contributed by atoms with van der Waals surface area (Å²) in [6.45, 7) is 9.41. The Morgan fingerprint density at radius 2 is 2.26 bits per heavy atom. The van der Waals surface area contributed by atoms with Gasteiger partial charge in [-0.15, -0.1) is 0 Å². The molecule has 1 aliphatic heterocycles. The molecule has 1 amide bonds. The highest BCUT2D eigenvalue weighted by molar-refractivity contribution is 5.78. The molecule has 0 aromatic heterocycles. The maximum atomic E-state index is 11.3. The van der Waals surface area contributed by atoms with Gasteiger partial charge in [-0.1, -0.05) is 20.8 Å². The average molecular weight is 268 g/mol. The molecular formula is C14H28N4O. The van der Waals surface area contributed by atoms with Gasteiger partial charge in [-0.3, -0.25) is 9.79 Å². The average Bonchev–Trinajstić information content (AvgIpc) is 2.37. The highest BCUT2D eigenvalue weighted by atomic mass is 16.1. The summed E-state index contributed by atoms with van der Waals surface area (Å²) in [6, 6.07) is 0. The zero-order chi connectivity index (χ0) is 14.3. The third-order valence-corrected chi connectivity index (χ3v) is 3.41. The van der Waals surface area contributed by atoms with E-state index in [9.17, 15) is 4.79 Å². The molecule has 1 saturated heterocycles. The monoisotopic (exact) mass is 268 g/mol. The van der Waals surface area contributed by atoms with Crippen molar-refractivity contribution in [2.75, 3.05) is 26.2 Å². The van der Waals surface area contributed by atoms with Crippen molar-refractivity contribution >= 4 is 11.9 Å². The lowest BCUT2D eigenvalue weighted by atomic mass is 10.0. The fraction of sp³-hybridized carbons (Fsp3) is 0.857. The smallest absolute Gasteiger partial charge is 0.222 e. The molecule has 1 heterocycles. The number of carbonyl (C=O) groups excluding carboxylic acids is 1. The number of hydrogen-bond donors (Lipinski definition) is 2. The highest BCUT2D eigenvalue weighted by Gasteiger charge is 2.17. The second kappa shape index (κ2) is 8.02. The Kier molecular flexibility index (Phi) is 6.67. The van der Waals surface area contributed by atoms with Crippen molar-refractivity contribution in [3.8, 4) is 0 Å². The summed E-state index contributed by atoms with van der Waals surface area (Å²) >= 11 is 0. The molecule has 1 rings (SSSR count). The largest absolute Gasteiger partial charge is 0.370 e. The zero-order valence-corrected chi connectivity index (χ0v) is 12.5. The normalized spacial score (nSPS) is 20.7. The minimum Gasteiger partial charge on any atom is -0.370 e. The molecule has 1 fully saturated rings. The Morgan fingerprint density at radius 1 is 1.53 bits per heavy atom. The maximum Gasteiger partial charge on any atom is 0.222 e. The lowest BCUT2D eigenvalue weighted by molar-refractivity contribution is -0.123. The number of rotatable bonds is 5. The van der Waals surface area contributed by atoms with E-state index in [0.717, 1.165) is 19.5 Å². The predicted octanol–water partition coefficient (Wildman–Crippen LogP) is 1.20. The number of likely N-dealkylation sites (tertiary alicyclic amines) is 1. The first-order valence-electron chi connectivity index (χ1n) is 7.33. The topological polar surface area (TPSA) is 70.7 Å². The fourth-order valence-corrected chi connectivity index (χ4v) is 2.19. The molecule has 19 heavy (non-hydrogen) atoms. The van der Waals surface area contributed by atoms with E-state index in [4.69, 9.17) is 5.73 Å². The van der Waals surface area contributed by atoms with Gasteiger partial charge in [0.25, 0.3) is 0 Å². The number of nitrogens with zero attached hydrogens (tertiary/aromatic N) is 2. The van der Waals surface area contributed by atoms with Gasteiger partial charge in [0.1, 0.15) is 0 Å². The first kappa shape index (κ1) is 15.8. The van der Waals surface area contributed by atoms with E-state index in [1.165, 1.54) is 12.8 Å². The van der Waals surface area contributed by atoms with E-state index in [1.54, 1.807) is 0 Å². The van der Waals surface area contributed by atoms with Gasteiger partial charge in [-0.2, -0.15) is 0 Å². The van der Waals surface area contributed by atoms with Crippen molar-refractivity contribution in [3.05, 3.63) is 0 Å². The van der Waals surface area contributed by atoms with Crippen LogP contribution in [0.15, 0.2) is 4.99 Å². The Balaban J connectivity index is 2.19. The van der Waals surface area contributed by atoms with E-state index in [1.807, 2.05) is 13.8 Å². The molecule has 0 aliphatic carbocycles. The van der Waals surface area contributed by atoms with Crippen molar-refractivity contribution in [1.29, 1.82) is 0 Å². The number of nitrogens with two attached hydrogens (primary N) is 1. The van der Waals surface area contributed by atoms with Crippen LogP contribution in [-0.4, -0.2) is 42.9 Å². The minimum absolute atomic E-state index is 0.0448. The highest BCUT2D eigenvalue weighted by Crippen LogP contribution is 2.14. The van der Waals surface area contributed by atoms with Crippen molar-refractivity contribution in [3.63, 3.8) is 0 Å². The molecule has 1 unspecified atom stereocenters. The molecule has 0 aromatic rings. The summed E-state index contributed by atoms with van der Waals surface area (Å²) in [5, 5.41) is 2.88. The predicted molar refractivity (Wildman–Crippen MR) is 78.9 cm³/mol. The zero-order valence-electron chi connectivity index (χ0n) is 12.5. The Labute approximate surface area is 116 Å². The van der Waals surface area contributed by atoms with Crippen molar-refractivity contribution in [1.82, 2.24) is 10.2 Å². The molecule has 0 spiro atoms. The molecule has 5 heteroatoms. The summed E-state index contributed by atoms with van der Waals surface area (Å²) in [5.74, 6) is 1.50. The van der Waals surface area contributed by atoms with Crippen molar-refractivity contribution < 1.29 is 4.79 Å². The molecule has 0 radical (unpaired) electrons. The SMILES string of the molecule is CC1CCCN(C(N)=NCCCNC(=O)C(C)C)C1. The summed E-state index contributed by atoms with van der Waals surface area (Å²) < 4.78 is 0. The van der Waals surface area contributed by atoms with Crippen LogP contribution < -0.4 is 11.1 Å². The van der Waals surface area contributed by atoms with E-state index >= 15 is 0 Å². The minimum atomic E-state index is 0.0448. The van der Waals surface area contributed by atoms with Gasteiger partial charge in [0.05, 0.1) is 0 Å². The van der Waals surface area contributed by atoms with Crippen LogP contribution in [0.25, 0.3) is 0 Å². The molecule has 5 nitrogen and oxygen atoms in total. The third kappa shape index (κ3) is 5.94. The first-order valence-corrected chi connectivity index (χ1v) is 7.33. The number of aliphatic imine (C=N–C) groups is 1. The number of hydrogen-bond acceptors (Lipinski definition) is 2. The fourth-order valence-electron chi connectivity index (χ4n) is 2.19. The maximum absolute atomic E-state index is 11.3. The van der Waals surface area contributed by atoms with Crippen LogP contribution in [0, 0.1) is 11.8 Å². The van der Waals surface area contributed by atoms with Crippen LogP contribution in [-0.2, 0) is 4.79 Å². The summed E-state index contributed by atoms with van der Waals surface area (Å²) in [7, 11) is 0. The Hall–Kier alpha value is -1.26. The second-order valence-electron chi connectivity index (χ2n) is 5.73. The molecule has 1 atom stereocenters. The van der Waals surface area contributed by atoms with Crippen LogP contribution in [0.3, 0.4) is 0 Å². The lowest BCUT2D eigenvalue weighted by Crippen LogP contribution is -2.43. The van der Waals surface area contributed by atoms with Crippen LogP contribution in [0.1, 0.15) is 40.0 Å². The van der Waals surface area contributed by atoms with Gasteiger partial charge in [0, 0.05) is 32.1 Å². The van der Waals surface area contributed by atoms with Gasteiger partial charge in [-0.25, -0.2) is 0 Å². The van der Waals surface area contributed by atoms with Crippen molar-refractivity contribution in [2.45, 2.75) is 40.0 Å².